The van der Waals surface area contributed by atoms with Crippen molar-refractivity contribution >= 4 is 5.91 Å². The van der Waals surface area contributed by atoms with E-state index in [1.54, 1.807) is 0 Å². The molecule has 0 saturated carbocycles. The number of halogens is 1. The molecule has 0 aromatic carbocycles. The third-order valence-electron chi connectivity index (χ3n) is 2.37. The highest BCUT2D eigenvalue weighted by Gasteiger charge is 2.33. The molecule has 0 atom stereocenters. The van der Waals surface area contributed by atoms with Gasteiger partial charge in [-0.3, -0.25) is 4.79 Å². The Hall–Kier alpha value is -0.860. The lowest BCUT2D eigenvalue weighted by Gasteiger charge is -2.41. The quantitative estimate of drug-likeness (QED) is 0.578. The minimum Gasteiger partial charge on any atom is -0.336 e. The van der Waals surface area contributed by atoms with Gasteiger partial charge in [0.2, 0.25) is 0 Å². The molecule has 12 heavy (non-hydrogen) atoms. The number of hydrogen-bond acceptors (Lipinski definition) is 1. The van der Waals surface area contributed by atoms with Crippen LogP contribution in [0.5, 0.6) is 0 Å². The maximum absolute atomic E-state index is 12.3. The van der Waals surface area contributed by atoms with E-state index in [2.05, 4.69) is 20.4 Å². The van der Waals surface area contributed by atoms with E-state index >= 15 is 0 Å². The number of hydrogen-bond donors (Lipinski definition) is 0. The Bertz CT molecular complexity index is 207. The molecule has 1 saturated heterocycles. The standard InChI is InChI=1S/C9H14FNO/c1-6(2)8-4-11(5-8)9(12)7(3)10/h6,8H,3-5H2,1-2H3. The first kappa shape index (κ1) is 9.23. The van der Waals surface area contributed by atoms with E-state index in [1.165, 1.54) is 4.90 Å². The van der Waals surface area contributed by atoms with Crippen molar-refractivity contribution in [3.05, 3.63) is 12.4 Å². The van der Waals surface area contributed by atoms with E-state index in [4.69, 9.17) is 0 Å². The first-order valence-corrected chi connectivity index (χ1v) is 4.16. The summed E-state index contributed by atoms with van der Waals surface area (Å²) < 4.78 is 12.3. The normalized spacial score (nSPS) is 17.8. The molecule has 1 aliphatic rings. The first-order chi connectivity index (χ1) is 5.52. The molecule has 0 spiro atoms. The van der Waals surface area contributed by atoms with Crippen LogP contribution >= 0.6 is 0 Å². The lowest BCUT2D eigenvalue weighted by Crippen LogP contribution is -2.51. The number of carbonyl (C=O) groups is 1. The Morgan fingerprint density at radius 3 is 2.42 bits per heavy atom. The maximum Gasteiger partial charge on any atom is 0.281 e. The van der Waals surface area contributed by atoms with Gasteiger partial charge in [0.1, 0.15) is 0 Å². The van der Waals surface area contributed by atoms with Crippen LogP contribution in [0.15, 0.2) is 12.4 Å². The minimum atomic E-state index is -0.850. The molecule has 1 fully saturated rings. The smallest absolute Gasteiger partial charge is 0.281 e. The van der Waals surface area contributed by atoms with Gasteiger partial charge in [-0.2, -0.15) is 0 Å². The molecule has 1 rings (SSSR count). The highest BCUT2D eigenvalue weighted by Crippen LogP contribution is 2.24. The third-order valence-corrected chi connectivity index (χ3v) is 2.37. The van der Waals surface area contributed by atoms with Crippen molar-refractivity contribution in [2.45, 2.75) is 13.8 Å². The largest absolute Gasteiger partial charge is 0.336 e. The SMILES string of the molecule is C=C(F)C(=O)N1CC(C(C)C)C1. The number of likely N-dealkylation sites (tertiary alicyclic amines) is 1. The van der Waals surface area contributed by atoms with Crippen LogP contribution in [0, 0.1) is 11.8 Å². The molecule has 0 aliphatic carbocycles. The molecule has 3 heteroatoms. The summed E-state index contributed by atoms with van der Waals surface area (Å²) in [6.07, 6.45) is 0. The summed E-state index contributed by atoms with van der Waals surface area (Å²) in [4.78, 5) is 12.4. The summed E-state index contributed by atoms with van der Waals surface area (Å²) in [5.41, 5.74) is 0. The highest BCUT2D eigenvalue weighted by atomic mass is 19.1. The van der Waals surface area contributed by atoms with E-state index in [9.17, 15) is 9.18 Å². The van der Waals surface area contributed by atoms with Gasteiger partial charge in [0.15, 0.2) is 5.83 Å². The lowest BCUT2D eigenvalue weighted by molar-refractivity contribution is -0.135. The predicted octanol–water partition coefficient (Wildman–Crippen LogP) is 1.58. The second-order valence-electron chi connectivity index (χ2n) is 3.62. The maximum atomic E-state index is 12.3. The number of carbonyl (C=O) groups excluding carboxylic acids is 1. The molecule has 1 heterocycles. The van der Waals surface area contributed by atoms with Gasteiger partial charge >= 0.3 is 0 Å². The second-order valence-corrected chi connectivity index (χ2v) is 3.62. The van der Waals surface area contributed by atoms with Crippen LogP contribution in [0.3, 0.4) is 0 Å². The zero-order valence-electron chi connectivity index (χ0n) is 7.51. The van der Waals surface area contributed by atoms with E-state index in [0.717, 1.165) is 0 Å². The summed E-state index contributed by atoms with van der Waals surface area (Å²) in [7, 11) is 0. The van der Waals surface area contributed by atoms with Gasteiger partial charge in [0, 0.05) is 13.1 Å². The number of nitrogens with zero attached hydrogens (tertiary/aromatic N) is 1. The molecular formula is C9H14FNO. The minimum absolute atomic E-state index is 0.535. The van der Waals surface area contributed by atoms with Crippen LogP contribution in [0.25, 0.3) is 0 Å². The van der Waals surface area contributed by atoms with E-state index in [-0.39, 0.29) is 0 Å². The number of rotatable bonds is 2. The summed E-state index contributed by atoms with van der Waals surface area (Å²) in [6, 6.07) is 0. The van der Waals surface area contributed by atoms with Gasteiger partial charge in [-0.25, -0.2) is 4.39 Å². The zero-order valence-corrected chi connectivity index (χ0v) is 7.51. The summed E-state index contributed by atoms with van der Waals surface area (Å²) in [6.45, 7) is 8.55. The Morgan fingerprint density at radius 1 is 1.58 bits per heavy atom. The molecule has 2 nitrogen and oxygen atoms in total. The average molecular weight is 171 g/mol. The summed E-state index contributed by atoms with van der Waals surface area (Å²) in [5.74, 6) is -0.292. The van der Waals surface area contributed by atoms with Gasteiger partial charge < -0.3 is 4.90 Å². The fraction of sp³-hybridized carbons (Fsp3) is 0.667. The Labute approximate surface area is 72.1 Å². The van der Waals surface area contributed by atoms with Crippen molar-refractivity contribution in [2.24, 2.45) is 11.8 Å². The Kier molecular flexibility index (Phi) is 2.50. The fourth-order valence-electron chi connectivity index (χ4n) is 1.27. The molecule has 0 aromatic rings. The third kappa shape index (κ3) is 1.65. The van der Waals surface area contributed by atoms with Crippen molar-refractivity contribution in [1.82, 2.24) is 4.90 Å². The molecule has 0 unspecified atom stereocenters. The van der Waals surface area contributed by atoms with Crippen molar-refractivity contribution in [3.63, 3.8) is 0 Å². The molecule has 0 radical (unpaired) electrons. The average Bonchev–Trinajstić information content (AvgIpc) is 1.82. The van der Waals surface area contributed by atoms with Gasteiger partial charge in [-0.1, -0.05) is 20.4 Å². The van der Waals surface area contributed by atoms with Crippen LogP contribution in [0.4, 0.5) is 4.39 Å². The van der Waals surface area contributed by atoms with E-state index in [0.29, 0.717) is 24.9 Å². The summed E-state index contributed by atoms with van der Waals surface area (Å²) in [5, 5.41) is 0. The zero-order chi connectivity index (χ0) is 9.30. The van der Waals surface area contributed by atoms with Gasteiger partial charge in [0.05, 0.1) is 0 Å². The van der Waals surface area contributed by atoms with E-state index < -0.39 is 11.7 Å². The van der Waals surface area contributed by atoms with Crippen LogP contribution in [0.1, 0.15) is 13.8 Å². The topological polar surface area (TPSA) is 20.3 Å². The summed E-state index contributed by atoms with van der Waals surface area (Å²) >= 11 is 0. The molecule has 0 N–H and O–H groups in total. The molecule has 0 aromatic heterocycles. The van der Waals surface area contributed by atoms with Crippen molar-refractivity contribution in [3.8, 4) is 0 Å². The lowest BCUT2D eigenvalue weighted by atomic mass is 9.88. The van der Waals surface area contributed by atoms with Crippen LogP contribution < -0.4 is 0 Å². The van der Waals surface area contributed by atoms with E-state index in [1.807, 2.05) is 0 Å². The van der Waals surface area contributed by atoms with Crippen molar-refractivity contribution < 1.29 is 9.18 Å². The first-order valence-electron chi connectivity index (χ1n) is 4.16. The second kappa shape index (κ2) is 3.25. The predicted molar refractivity (Wildman–Crippen MR) is 45.2 cm³/mol. The van der Waals surface area contributed by atoms with Gasteiger partial charge in [-0.15, -0.1) is 0 Å². The Balaban J connectivity index is 2.35. The van der Waals surface area contributed by atoms with Crippen LogP contribution in [0.2, 0.25) is 0 Å². The monoisotopic (exact) mass is 171 g/mol. The van der Waals surface area contributed by atoms with Crippen LogP contribution in [-0.2, 0) is 4.79 Å². The number of amides is 1. The molecule has 1 amide bonds. The van der Waals surface area contributed by atoms with Gasteiger partial charge in [0.25, 0.3) is 5.91 Å². The molecule has 0 bridgehead atoms. The fourth-order valence-corrected chi connectivity index (χ4v) is 1.27. The van der Waals surface area contributed by atoms with Crippen molar-refractivity contribution in [1.29, 1.82) is 0 Å². The van der Waals surface area contributed by atoms with Crippen LogP contribution in [-0.4, -0.2) is 23.9 Å². The van der Waals surface area contributed by atoms with Gasteiger partial charge in [-0.05, 0) is 11.8 Å². The van der Waals surface area contributed by atoms with Crippen molar-refractivity contribution in [2.75, 3.05) is 13.1 Å². The molecular weight excluding hydrogens is 157 g/mol. The molecule has 68 valence electrons. The Morgan fingerprint density at radius 2 is 2.08 bits per heavy atom. The highest BCUT2D eigenvalue weighted by molar-refractivity contribution is 5.91. The molecule has 1 aliphatic heterocycles.